The van der Waals surface area contributed by atoms with Crippen LogP contribution >= 0.6 is 23.2 Å². The largest absolute Gasteiger partial charge is 0.493 e. The molecule has 1 unspecified atom stereocenters. The van der Waals surface area contributed by atoms with Crippen molar-refractivity contribution in [3.8, 4) is 16.9 Å². The van der Waals surface area contributed by atoms with Gasteiger partial charge in [-0.1, -0.05) is 35.3 Å². The van der Waals surface area contributed by atoms with Gasteiger partial charge in [0.05, 0.1) is 24.8 Å². The number of nitrogens with one attached hydrogen (secondary N) is 1. The molecule has 2 aromatic heterocycles. The molecule has 0 saturated carbocycles. The molecule has 0 saturated heterocycles. The molecule has 1 aliphatic heterocycles. The summed E-state index contributed by atoms with van der Waals surface area (Å²) >= 11 is 12.4. The predicted octanol–water partition coefficient (Wildman–Crippen LogP) is 5.15. The lowest BCUT2D eigenvalue weighted by molar-refractivity contribution is 0.0856. The number of hydrogen-bond donors (Lipinski definition) is 2. The summed E-state index contributed by atoms with van der Waals surface area (Å²) < 4.78 is 7.76. The fraction of sp³-hybridized carbons (Fsp3) is 0.250. The van der Waals surface area contributed by atoms with Crippen LogP contribution in [0.3, 0.4) is 0 Å². The van der Waals surface area contributed by atoms with Gasteiger partial charge in [0.2, 0.25) is 0 Å². The Kier molecular flexibility index (Phi) is 5.45. The van der Waals surface area contributed by atoms with E-state index in [1.807, 2.05) is 41.1 Å². The molecular formula is C24H21Cl2N3O3. The first-order chi connectivity index (χ1) is 15.4. The number of ether oxygens (including phenoxy) is 1. The first-order valence-electron chi connectivity index (χ1n) is 10.4. The number of aromatic nitrogens is 3. The van der Waals surface area contributed by atoms with Crippen molar-refractivity contribution in [2.45, 2.75) is 26.0 Å². The van der Waals surface area contributed by atoms with E-state index in [-0.39, 0.29) is 11.7 Å². The Morgan fingerprint density at radius 1 is 1.31 bits per heavy atom. The zero-order valence-electron chi connectivity index (χ0n) is 17.3. The number of rotatable bonds is 5. The Hall–Kier alpha value is -2.80. The highest BCUT2D eigenvalue weighted by Crippen LogP contribution is 2.35. The average Bonchev–Trinajstić information content (AvgIpc) is 3.35. The third kappa shape index (κ3) is 3.79. The van der Waals surface area contributed by atoms with E-state index in [9.17, 15) is 9.90 Å². The fourth-order valence-corrected chi connectivity index (χ4v) is 4.72. The summed E-state index contributed by atoms with van der Waals surface area (Å²) in [4.78, 5) is 13.6. The van der Waals surface area contributed by atoms with E-state index in [1.54, 1.807) is 19.2 Å². The quantitative estimate of drug-likeness (QED) is 0.396. The number of H-pyrrole nitrogens is 1. The van der Waals surface area contributed by atoms with Gasteiger partial charge in [-0.25, -0.2) is 0 Å². The standard InChI is InChI=1S/C24H21Cl2N3O3/c1-13(30)10-29-11-20(18-4-2-14(8-21(18)29)19-9-27-28-24(19)26)23(31)16-6-15-7-17(25)3-5-22(15)32-12-16/h2-5,7-9,11,13,16,30H,6,10,12H2,1H3,(H,27,28)/t13?,16-/m0/s1. The average molecular weight is 470 g/mol. The Balaban J connectivity index is 1.55. The topological polar surface area (TPSA) is 80.1 Å². The lowest BCUT2D eigenvalue weighted by atomic mass is 9.89. The summed E-state index contributed by atoms with van der Waals surface area (Å²) in [6.07, 6.45) is 3.50. The molecule has 0 amide bonds. The van der Waals surface area contributed by atoms with E-state index in [4.69, 9.17) is 27.9 Å². The number of fused-ring (bicyclic) bond motifs is 2. The van der Waals surface area contributed by atoms with Gasteiger partial charge in [-0.2, -0.15) is 5.10 Å². The van der Waals surface area contributed by atoms with Crippen molar-refractivity contribution in [3.63, 3.8) is 0 Å². The highest BCUT2D eigenvalue weighted by atomic mass is 35.5. The molecule has 0 fully saturated rings. The molecule has 4 aromatic rings. The summed E-state index contributed by atoms with van der Waals surface area (Å²) in [5, 5.41) is 18.6. The molecule has 6 nitrogen and oxygen atoms in total. The molecular weight excluding hydrogens is 449 g/mol. The number of hydrogen-bond acceptors (Lipinski definition) is 4. The van der Waals surface area contributed by atoms with Crippen LogP contribution in [0.4, 0.5) is 0 Å². The molecule has 8 heteroatoms. The lowest BCUT2D eigenvalue weighted by Gasteiger charge is -2.24. The normalized spacial score (nSPS) is 16.6. The Morgan fingerprint density at radius 2 is 2.16 bits per heavy atom. The number of ketones is 1. The molecule has 2 atom stereocenters. The van der Waals surface area contributed by atoms with Crippen LogP contribution in [0.1, 0.15) is 22.8 Å². The van der Waals surface area contributed by atoms with Gasteiger partial charge >= 0.3 is 0 Å². The van der Waals surface area contributed by atoms with Gasteiger partial charge < -0.3 is 14.4 Å². The van der Waals surface area contributed by atoms with Gasteiger partial charge in [-0.15, -0.1) is 0 Å². The minimum absolute atomic E-state index is 0.0130. The van der Waals surface area contributed by atoms with Crippen molar-refractivity contribution in [1.82, 2.24) is 14.8 Å². The molecule has 0 aliphatic carbocycles. The number of halogens is 2. The van der Waals surface area contributed by atoms with Gasteiger partial charge in [-0.05, 0) is 48.7 Å². The van der Waals surface area contributed by atoms with Crippen molar-refractivity contribution in [2.75, 3.05) is 6.61 Å². The zero-order chi connectivity index (χ0) is 22.4. The molecule has 164 valence electrons. The van der Waals surface area contributed by atoms with Gasteiger partial charge in [0.15, 0.2) is 5.78 Å². The SMILES string of the molecule is CC(O)Cn1cc(C(=O)[C@@H]2COc3ccc(Cl)cc3C2)c2ccc(-c3cn[nH]c3Cl)cc21. The van der Waals surface area contributed by atoms with Crippen molar-refractivity contribution in [3.05, 3.63) is 70.1 Å². The van der Waals surface area contributed by atoms with E-state index in [1.165, 1.54) is 0 Å². The number of nitrogens with zero attached hydrogens (tertiary/aromatic N) is 2. The minimum Gasteiger partial charge on any atom is -0.493 e. The second kappa shape index (κ2) is 8.28. The summed E-state index contributed by atoms with van der Waals surface area (Å²) in [5.41, 5.74) is 4.06. The van der Waals surface area contributed by atoms with Crippen molar-refractivity contribution < 1.29 is 14.6 Å². The van der Waals surface area contributed by atoms with E-state index in [0.717, 1.165) is 33.3 Å². The monoisotopic (exact) mass is 469 g/mol. The molecule has 2 N–H and O–H groups in total. The minimum atomic E-state index is -0.568. The van der Waals surface area contributed by atoms with E-state index in [2.05, 4.69) is 10.2 Å². The molecule has 0 spiro atoms. The summed E-state index contributed by atoms with van der Waals surface area (Å²) in [7, 11) is 0. The van der Waals surface area contributed by atoms with Crippen LogP contribution in [0.2, 0.25) is 10.2 Å². The van der Waals surface area contributed by atoms with Crippen molar-refractivity contribution >= 4 is 39.9 Å². The second-order valence-electron chi connectivity index (χ2n) is 8.20. The van der Waals surface area contributed by atoms with Crippen LogP contribution in [0, 0.1) is 5.92 Å². The maximum atomic E-state index is 13.6. The molecule has 2 aromatic carbocycles. The van der Waals surface area contributed by atoms with Gasteiger partial charge in [0.25, 0.3) is 0 Å². The second-order valence-corrected chi connectivity index (χ2v) is 9.02. The van der Waals surface area contributed by atoms with Crippen LogP contribution in [0.25, 0.3) is 22.0 Å². The number of Topliss-reactive ketones (excluding diaryl/α,β-unsaturated/α-hetero) is 1. The first kappa shape index (κ1) is 21.1. The Labute approximate surface area is 194 Å². The first-order valence-corrected chi connectivity index (χ1v) is 11.1. The fourth-order valence-electron chi connectivity index (χ4n) is 4.31. The molecule has 0 radical (unpaired) electrons. The van der Waals surface area contributed by atoms with E-state index in [0.29, 0.717) is 35.3 Å². The van der Waals surface area contributed by atoms with Crippen molar-refractivity contribution in [2.24, 2.45) is 5.92 Å². The third-order valence-corrected chi connectivity index (χ3v) is 6.34. The maximum absolute atomic E-state index is 13.6. The number of benzene rings is 2. The number of aliphatic hydroxyl groups is 1. The molecule has 0 bridgehead atoms. The summed E-state index contributed by atoms with van der Waals surface area (Å²) in [6, 6.07) is 11.3. The molecule has 1 aliphatic rings. The number of carbonyl (C=O) groups excluding carboxylic acids is 1. The van der Waals surface area contributed by atoms with E-state index < -0.39 is 6.10 Å². The lowest BCUT2D eigenvalue weighted by Crippen LogP contribution is -2.28. The molecule has 5 rings (SSSR count). The highest BCUT2D eigenvalue weighted by molar-refractivity contribution is 6.32. The molecule has 32 heavy (non-hydrogen) atoms. The smallest absolute Gasteiger partial charge is 0.171 e. The van der Waals surface area contributed by atoms with Crippen molar-refractivity contribution in [1.29, 1.82) is 0 Å². The van der Waals surface area contributed by atoms with Crippen LogP contribution in [0.5, 0.6) is 5.75 Å². The van der Waals surface area contributed by atoms with Crippen LogP contribution in [-0.2, 0) is 13.0 Å². The molecule has 3 heterocycles. The van der Waals surface area contributed by atoms with E-state index >= 15 is 0 Å². The predicted molar refractivity (Wildman–Crippen MR) is 125 cm³/mol. The van der Waals surface area contributed by atoms with Gasteiger partial charge in [0.1, 0.15) is 10.9 Å². The highest BCUT2D eigenvalue weighted by Gasteiger charge is 2.29. The summed E-state index contributed by atoms with van der Waals surface area (Å²) in [5.74, 6) is 0.477. The van der Waals surface area contributed by atoms with Gasteiger partial charge in [-0.3, -0.25) is 9.89 Å². The Bertz CT molecular complexity index is 1330. The summed E-state index contributed by atoms with van der Waals surface area (Å²) in [6.45, 7) is 2.41. The van der Waals surface area contributed by atoms with Crippen LogP contribution in [-0.4, -0.2) is 38.4 Å². The van der Waals surface area contributed by atoms with Crippen LogP contribution < -0.4 is 4.74 Å². The zero-order valence-corrected chi connectivity index (χ0v) is 18.8. The Morgan fingerprint density at radius 3 is 2.91 bits per heavy atom. The number of aromatic amines is 1. The number of aliphatic hydroxyl groups excluding tert-OH is 1. The third-order valence-electron chi connectivity index (χ3n) is 5.81. The maximum Gasteiger partial charge on any atom is 0.171 e. The number of carbonyl (C=O) groups is 1. The van der Waals surface area contributed by atoms with Crippen LogP contribution in [0.15, 0.2) is 48.8 Å². The van der Waals surface area contributed by atoms with Gasteiger partial charge in [0, 0.05) is 39.8 Å².